The standard InChI is InChI=1S/C18H24N6O3S/c1-22(18(25)13-7-8-28(26,27)11-13)14-9-23(10-14)16-6-5-15-19-20-17(24(15)21-16)12-3-2-4-12/h5-6,12-14H,2-4,7-11H2,1H3. The SMILES string of the molecule is CN(C(=O)C1CCS(=O)(=O)C1)C1CN(c2ccc3nnc(C4CCC4)n3n2)C1. The Morgan fingerprint density at radius 3 is 2.61 bits per heavy atom. The number of nitrogens with zero attached hydrogens (tertiary/aromatic N) is 6. The summed E-state index contributed by atoms with van der Waals surface area (Å²) in [4.78, 5) is 16.5. The van der Waals surface area contributed by atoms with E-state index in [9.17, 15) is 13.2 Å². The van der Waals surface area contributed by atoms with Gasteiger partial charge in [0.05, 0.1) is 23.5 Å². The van der Waals surface area contributed by atoms with E-state index in [1.807, 2.05) is 16.6 Å². The van der Waals surface area contributed by atoms with Crippen LogP contribution in [0.3, 0.4) is 0 Å². The number of sulfone groups is 1. The number of hydrogen-bond donors (Lipinski definition) is 0. The maximum atomic E-state index is 12.6. The van der Waals surface area contributed by atoms with Crippen molar-refractivity contribution in [3.8, 4) is 0 Å². The monoisotopic (exact) mass is 404 g/mol. The van der Waals surface area contributed by atoms with Gasteiger partial charge in [-0.05, 0) is 31.4 Å². The number of rotatable bonds is 4. The number of hydrogen-bond acceptors (Lipinski definition) is 7. The minimum absolute atomic E-state index is 0.0115. The van der Waals surface area contributed by atoms with Crippen molar-refractivity contribution in [2.45, 2.75) is 37.6 Å². The highest BCUT2D eigenvalue weighted by molar-refractivity contribution is 7.91. The molecule has 9 nitrogen and oxygen atoms in total. The molecule has 3 fully saturated rings. The highest BCUT2D eigenvalue weighted by Gasteiger charge is 2.39. The molecule has 2 aliphatic heterocycles. The van der Waals surface area contributed by atoms with Gasteiger partial charge in [-0.25, -0.2) is 8.42 Å². The Kier molecular flexibility index (Phi) is 4.08. The van der Waals surface area contributed by atoms with Crippen molar-refractivity contribution in [3.05, 3.63) is 18.0 Å². The summed E-state index contributed by atoms with van der Waals surface area (Å²) in [7, 11) is -1.27. The zero-order chi connectivity index (χ0) is 19.5. The molecule has 150 valence electrons. The van der Waals surface area contributed by atoms with Crippen molar-refractivity contribution in [2.75, 3.05) is 36.5 Å². The Bertz CT molecular complexity index is 1030. The summed E-state index contributed by atoms with van der Waals surface area (Å²) in [6, 6.07) is 3.96. The van der Waals surface area contributed by atoms with E-state index >= 15 is 0 Å². The summed E-state index contributed by atoms with van der Waals surface area (Å²) in [6.45, 7) is 1.39. The van der Waals surface area contributed by atoms with Gasteiger partial charge in [-0.2, -0.15) is 4.52 Å². The molecule has 28 heavy (non-hydrogen) atoms. The van der Waals surface area contributed by atoms with Crippen molar-refractivity contribution in [2.24, 2.45) is 5.92 Å². The lowest BCUT2D eigenvalue weighted by atomic mass is 9.85. The number of carbonyl (C=O) groups is 1. The molecule has 4 heterocycles. The Labute approximate surface area is 163 Å². The van der Waals surface area contributed by atoms with E-state index in [2.05, 4.69) is 15.1 Å². The minimum atomic E-state index is -3.05. The number of aromatic nitrogens is 4. The smallest absolute Gasteiger partial charge is 0.226 e. The predicted octanol–water partition coefficient (Wildman–Crippen LogP) is 0.474. The zero-order valence-corrected chi connectivity index (χ0v) is 16.7. The van der Waals surface area contributed by atoms with Crippen LogP contribution in [0.2, 0.25) is 0 Å². The molecule has 10 heteroatoms. The molecule has 0 bridgehead atoms. The van der Waals surface area contributed by atoms with Crippen LogP contribution >= 0.6 is 0 Å². The lowest BCUT2D eigenvalue weighted by molar-refractivity contribution is -0.136. The lowest BCUT2D eigenvalue weighted by Crippen LogP contribution is -2.61. The van der Waals surface area contributed by atoms with Crippen LogP contribution in [-0.2, 0) is 14.6 Å². The maximum Gasteiger partial charge on any atom is 0.226 e. The number of carbonyl (C=O) groups excluding carboxylic acids is 1. The van der Waals surface area contributed by atoms with Gasteiger partial charge in [-0.3, -0.25) is 4.79 Å². The van der Waals surface area contributed by atoms with E-state index in [0.29, 0.717) is 25.4 Å². The maximum absolute atomic E-state index is 12.6. The molecule has 1 aliphatic carbocycles. The fraction of sp³-hybridized carbons (Fsp3) is 0.667. The normalized spacial score (nSPS) is 24.9. The molecule has 0 spiro atoms. The molecule has 1 atom stereocenters. The van der Waals surface area contributed by atoms with E-state index in [1.54, 1.807) is 11.9 Å². The van der Waals surface area contributed by atoms with Crippen LogP contribution in [0.1, 0.15) is 37.4 Å². The van der Waals surface area contributed by atoms with Gasteiger partial charge in [0, 0.05) is 26.1 Å². The van der Waals surface area contributed by atoms with Crippen molar-refractivity contribution < 1.29 is 13.2 Å². The van der Waals surface area contributed by atoms with E-state index in [1.165, 1.54) is 6.42 Å². The van der Waals surface area contributed by atoms with Gasteiger partial charge in [0.15, 0.2) is 21.3 Å². The zero-order valence-electron chi connectivity index (χ0n) is 15.9. The largest absolute Gasteiger partial charge is 0.351 e. The predicted molar refractivity (Wildman–Crippen MR) is 103 cm³/mol. The molecule has 3 aliphatic rings. The number of fused-ring (bicyclic) bond motifs is 1. The van der Waals surface area contributed by atoms with Gasteiger partial charge >= 0.3 is 0 Å². The summed E-state index contributed by atoms with van der Waals surface area (Å²) in [6.07, 6.45) is 3.96. The number of amides is 1. The Balaban J connectivity index is 1.25. The van der Waals surface area contributed by atoms with Crippen molar-refractivity contribution in [3.63, 3.8) is 0 Å². The lowest BCUT2D eigenvalue weighted by Gasteiger charge is -2.45. The molecule has 5 rings (SSSR count). The van der Waals surface area contributed by atoms with Gasteiger partial charge in [0.25, 0.3) is 0 Å². The van der Waals surface area contributed by atoms with E-state index in [-0.39, 0.29) is 29.4 Å². The summed E-state index contributed by atoms with van der Waals surface area (Å²) < 4.78 is 25.1. The third-order valence-corrected chi connectivity index (χ3v) is 8.17. The molecule has 2 aromatic heterocycles. The molecule has 0 aromatic carbocycles. The van der Waals surface area contributed by atoms with Crippen molar-refractivity contribution in [1.82, 2.24) is 24.7 Å². The summed E-state index contributed by atoms with van der Waals surface area (Å²) >= 11 is 0. The average Bonchev–Trinajstić information content (AvgIpc) is 3.14. The molecule has 1 saturated carbocycles. The van der Waals surface area contributed by atoms with Crippen LogP contribution in [-0.4, -0.2) is 76.7 Å². The van der Waals surface area contributed by atoms with Gasteiger partial charge in [-0.15, -0.1) is 15.3 Å². The van der Waals surface area contributed by atoms with E-state index in [0.717, 1.165) is 30.1 Å². The number of anilines is 1. The Morgan fingerprint density at radius 1 is 1.18 bits per heavy atom. The molecule has 2 aromatic rings. The van der Waals surface area contributed by atoms with Crippen molar-refractivity contribution >= 4 is 27.2 Å². The van der Waals surface area contributed by atoms with Crippen LogP contribution in [0.5, 0.6) is 0 Å². The summed E-state index contributed by atoms with van der Waals surface area (Å²) in [5.74, 6) is 1.92. The quantitative estimate of drug-likeness (QED) is 0.730. The first-order valence-corrected chi connectivity index (χ1v) is 11.7. The fourth-order valence-corrected chi connectivity index (χ4v) is 5.96. The highest BCUT2D eigenvalue weighted by atomic mass is 32.2. The molecule has 1 unspecified atom stereocenters. The highest BCUT2D eigenvalue weighted by Crippen LogP contribution is 2.35. The first-order valence-electron chi connectivity index (χ1n) is 9.86. The first kappa shape index (κ1) is 17.8. The fourth-order valence-electron chi connectivity index (χ4n) is 4.23. The van der Waals surface area contributed by atoms with Crippen LogP contribution in [0.4, 0.5) is 5.82 Å². The summed E-state index contributed by atoms with van der Waals surface area (Å²) in [5.41, 5.74) is 0.762. The number of likely N-dealkylation sites (N-methyl/N-ethyl adjacent to an activating group) is 1. The average molecular weight is 404 g/mol. The van der Waals surface area contributed by atoms with Crippen molar-refractivity contribution in [1.29, 1.82) is 0 Å². The minimum Gasteiger partial charge on any atom is -0.351 e. The molecule has 0 radical (unpaired) electrons. The third-order valence-electron chi connectivity index (χ3n) is 6.41. The third kappa shape index (κ3) is 2.94. The molecular formula is C18H24N6O3S. The first-order chi connectivity index (χ1) is 13.4. The topological polar surface area (TPSA) is 101 Å². The molecular weight excluding hydrogens is 380 g/mol. The van der Waals surface area contributed by atoms with Crippen LogP contribution in [0.25, 0.3) is 5.65 Å². The van der Waals surface area contributed by atoms with Crippen LogP contribution < -0.4 is 4.90 Å². The molecule has 2 saturated heterocycles. The van der Waals surface area contributed by atoms with Gasteiger partial charge < -0.3 is 9.80 Å². The van der Waals surface area contributed by atoms with E-state index < -0.39 is 9.84 Å². The second kappa shape index (κ2) is 6.40. The second-order valence-corrected chi connectivity index (χ2v) is 10.5. The Hall–Kier alpha value is -2.23. The van der Waals surface area contributed by atoms with Crippen LogP contribution in [0, 0.1) is 5.92 Å². The van der Waals surface area contributed by atoms with Gasteiger partial charge in [0.1, 0.15) is 5.82 Å². The second-order valence-electron chi connectivity index (χ2n) is 8.26. The van der Waals surface area contributed by atoms with E-state index in [4.69, 9.17) is 5.10 Å². The van der Waals surface area contributed by atoms with Gasteiger partial charge in [-0.1, -0.05) is 6.42 Å². The molecule has 1 amide bonds. The Morgan fingerprint density at radius 2 is 1.96 bits per heavy atom. The van der Waals surface area contributed by atoms with Gasteiger partial charge in [0.2, 0.25) is 5.91 Å². The summed E-state index contributed by atoms with van der Waals surface area (Å²) in [5, 5.41) is 13.3. The van der Waals surface area contributed by atoms with Crippen LogP contribution in [0.15, 0.2) is 12.1 Å². The molecule has 0 N–H and O–H groups in total.